The van der Waals surface area contributed by atoms with Crippen LogP contribution in [0.1, 0.15) is 6.92 Å². The fourth-order valence-corrected chi connectivity index (χ4v) is 5.42. The molecule has 0 saturated carbocycles. The van der Waals surface area contributed by atoms with E-state index in [1.165, 1.54) is 0 Å². The first kappa shape index (κ1) is 13.1. The highest BCUT2D eigenvalue weighted by Crippen LogP contribution is 2.14. The molecule has 4 nitrogen and oxygen atoms in total. The SMILES string of the molecule is CC([Si](C)(C)C)S(=O)(=O)NCCN. The molecule has 3 N–H and O–H groups in total. The molecule has 0 fully saturated rings. The minimum absolute atomic E-state index is 0.272. The van der Waals surface area contributed by atoms with Crippen molar-refractivity contribution in [2.45, 2.75) is 31.4 Å². The second kappa shape index (κ2) is 4.54. The molecule has 0 aliphatic rings. The summed E-state index contributed by atoms with van der Waals surface area (Å²) in [5, 5.41) is 0. The maximum absolute atomic E-state index is 11.6. The largest absolute Gasteiger partial charge is 0.329 e. The molecule has 13 heavy (non-hydrogen) atoms. The molecule has 0 amide bonds. The highest BCUT2D eigenvalue weighted by atomic mass is 32.2. The van der Waals surface area contributed by atoms with Crippen LogP contribution in [-0.2, 0) is 10.0 Å². The Bertz CT molecular complexity index is 246. The molecule has 80 valence electrons. The minimum Gasteiger partial charge on any atom is -0.329 e. The van der Waals surface area contributed by atoms with Crippen LogP contribution in [0, 0.1) is 0 Å². The Morgan fingerprint density at radius 2 is 1.85 bits per heavy atom. The van der Waals surface area contributed by atoms with Crippen molar-refractivity contribution in [1.82, 2.24) is 4.72 Å². The van der Waals surface area contributed by atoms with Gasteiger partial charge in [0.25, 0.3) is 0 Å². The van der Waals surface area contributed by atoms with E-state index in [2.05, 4.69) is 4.72 Å². The quantitative estimate of drug-likeness (QED) is 0.652. The number of hydrogen-bond donors (Lipinski definition) is 2. The minimum atomic E-state index is -3.15. The fourth-order valence-electron chi connectivity index (χ4n) is 0.792. The van der Waals surface area contributed by atoms with Gasteiger partial charge in [-0.2, -0.15) is 0 Å². The van der Waals surface area contributed by atoms with Crippen molar-refractivity contribution in [2.75, 3.05) is 13.1 Å². The molecule has 0 bridgehead atoms. The lowest BCUT2D eigenvalue weighted by atomic mass is 10.7. The van der Waals surface area contributed by atoms with Gasteiger partial charge in [0, 0.05) is 13.1 Å². The smallest absolute Gasteiger partial charge is 0.211 e. The lowest BCUT2D eigenvalue weighted by Gasteiger charge is -2.24. The summed E-state index contributed by atoms with van der Waals surface area (Å²) in [5.41, 5.74) is 5.23. The zero-order chi connectivity index (χ0) is 10.7. The summed E-state index contributed by atoms with van der Waals surface area (Å²) in [4.78, 5) is -0.272. The molecule has 0 rings (SSSR count). The van der Waals surface area contributed by atoms with Gasteiger partial charge in [-0.1, -0.05) is 19.6 Å². The van der Waals surface area contributed by atoms with E-state index in [-0.39, 0.29) is 4.87 Å². The van der Waals surface area contributed by atoms with Gasteiger partial charge in [0.05, 0.1) is 12.9 Å². The standard InChI is InChI=1S/C7H20N2O2SSi/c1-7(13(2,3)4)12(10,11)9-6-5-8/h7,9H,5-6,8H2,1-4H3. The zero-order valence-electron chi connectivity index (χ0n) is 8.79. The summed E-state index contributed by atoms with van der Waals surface area (Å²) in [6, 6.07) is 0. The number of nitrogens with one attached hydrogen (secondary N) is 1. The van der Waals surface area contributed by atoms with Gasteiger partial charge in [0.2, 0.25) is 10.0 Å². The van der Waals surface area contributed by atoms with Crippen molar-refractivity contribution in [1.29, 1.82) is 0 Å². The summed E-state index contributed by atoms with van der Waals surface area (Å²) < 4.78 is 25.7. The van der Waals surface area contributed by atoms with Crippen LogP contribution in [0.2, 0.25) is 19.6 Å². The van der Waals surface area contributed by atoms with Crippen LogP contribution in [0.3, 0.4) is 0 Å². The summed E-state index contributed by atoms with van der Waals surface area (Å²) in [6.45, 7) is 8.57. The topological polar surface area (TPSA) is 72.2 Å². The molecule has 0 aromatic rings. The van der Waals surface area contributed by atoms with Crippen molar-refractivity contribution in [3.63, 3.8) is 0 Å². The Kier molecular flexibility index (Phi) is 4.57. The molecular weight excluding hydrogens is 204 g/mol. The Hall–Kier alpha value is 0.0869. The third-order valence-corrected chi connectivity index (χ3v) is 9.16. The number of sulfonamides is 1. The van der Waals surface area contributed by atoms with Gasteiger partial charge < -0.3 is 5.73 Å². The van der Waals surface area contributed by atoms with Crippen molar-refractivity contribution in [3.8, 4) is 0 Å². The van der Waals surface area contributed by atoms with Gasteiger partial charge in [0.15, 0.2) is 0 Å². The van der Waals surface area contributed by atoms with E-state index >= 15 is 0 Å². The molecule has 6 heteroatoms. The highest BCUT2D eigenvalue weighted by Gasteiger charge is 2.33. The molecular formula is C7H20N2O2SSi. The molecule has 0 aromatic heterocycles. The van der Waals surface area contributed by atoms with Crippen molar-refractivity contribution >= 4 is 18.1 Å². The van der Waals surface area contributed by atoms with Gasteiger partial charge in [-0.3, -0.25) is 0 Å². The van der Waals surface area contributed by atoms with E-state index in [4.69, 9.17) is 5.73 Å². The third kappa shape index (κ3) is 4.21. The highest BCUT2D eigenvalue weighted by molar-refractivity contribution is 7.92. The maximum atomic E-state index is 11.6. The Morgan fingerprint density at radius 3 is 2.15 bits per heavy atom. The van der Waals surface area contributed by atoms with Crippen LogP contribution in [0.4, 0.5) is 0 Å². The molecule has 1 unspecified atom stereocenters. The van der Waals surface area contributed by atoms with Crippen molar-refractivity contribution in [2.24, 2.45) is 5.73 Å². The summed E-state index contributed by atoms with van der Waals surface area (Å²) >= 11 is 0. The molecule has 0 spiro atoms. The normalized spacial score (nSPS) is 15.8. The van der Waals surface area contributed by atoms with Crippen LogP contribution < -0.4 is 10.5 Å². The summed E-state index contributed by atoms with van der Waals surface area (Å²) in [6.07, 6.45) is 0. The number of rotatable bonds is 5. The van der Waals surface area contributed by atoms with E-state index in [1.54, 1.807) is 6.92 Å². The molecule has 1 atom stereocenters. The first-order chi connectivity index (χ1) is 5.72. The lowest BCUT2D eigenvalue weighted by molar-refractivity contribution is 0.579. The number of hydrogen-bond acceptors (Lipinski definition) is 3. The van der Waals surface area contributed by atoms with Crippen molar-refractivity contribution < 1.29 is 8.42 Å². The zero-order valence-corrected chi connectivity index (χ0v) is 10.6. The average Bonchev–Trinajstić information content (AvgIpc) is 1.98. The molecule has 0 heterocycles. The first-order valence-electron chi connectivity index (χ1n) is 4.40. The molecule has 0 aromatic carbocycles. The summed E-state index contributed by atoms with van der Waals surface area (Å²) in [7, 11) is -4.79. The summed E-state index contributed by atoms with van der Waals surface area (Å²) in [5.74, 6) is 0. The van der Waals surface area contributed by atoms with E-state index in [0.29, 0.717) is 13.1 Å². The Balaban J connectivity index is 4.47. The second-order valence-corrected chi connectivity index (χ2v) is 12.3. The van der Waals surface area contributed by atoms with Gasteiger partial charge in [-0.05, 0) is 6.92 Å². The lowest BCUT2D eigenvalue weighted by Crippen LogP contribution is -2.48. The van der Waals surface area contributed by atoms with Gasteiger partial charge in [-0.15, -0.1) is 0 Å². The Labute approximate surface area is 82.0 Å². The molecule has 0 radical (unpaired) electrons. The Morgan fingerprint density at radius 1 is 1.38 bits per heavy atom. The predicted octanol–water partition coefficient (Wildman–Crippen LogP) is 0.130. The van der Waals surface area contributed by atoms with E-state index in [0.717, 1.165) is 0 Å². The molecule has 0 aliphatic heterocycles. The van der Waals surface area contributed by atoms with Gasteiger partial charge in [-0.25, -0.2) is 13.1 Å². The monoisotopic (exact) mass is 224 g/mol. The van der Waals surface area contributed by atoms with E-state index in [1.807, 2.05) is 19.6 Å². The van der Waals surface area contributed by atoms with Crippen LogP contribution in [0.5, 0.6) is 0 Å². The van der Waals surface area contributed by atoms with Gasteiger partial charge in [0.1, 0.15) is 0 Å². The van der Waals surface area contributed by atoms with Crippen LogP contribution in [-0.4, -0.2) is 34.5 Å². The second-order valence-electron chi connectivity index (χ2n) is 4.24. The molecule has 0 saturated heterocycles. The van der Waals surface area contributed by atoms with E-state index < -0.39 is 18.1 Å². The molecule has 0 aliphatic carbocycles. The number of nitrogens with two attached hydrogens (primary N) is 1. The average molecular weight is 224 g/mol. The predicted molar refractivity (Wildman–Crippen MR) is 58.8 cm³/mol. The van der Waals surface area contributed by atoms with Gasteiger partial charge >= 0.3 is 0 Å². The van der Waals surface area contributed by atoms with Crippen LogP contribution in [0.25, 0.3) is 0 Å². The third-order valence-electron chi connectivity index (χ3n) is 2.13. The van der Waals surface area contributed by atoms with E-state index in [9.17, 15) is 8.42 Å². The van der Waals surface area contributed by atoms with Crippen LogP contribution in [0.15, 0.2) is 0 Å². The fraction of sp³-hybridized carbons (Fsp3) is 1.00. The first-order valence-corrected chi connectivity index (χ1v) is 9.52. The van der Waals surface area contributed by atoms with Crippen molar-refractivity contribution in [3.05, 3.63) is 0 Å². The maximum Gasteiger partial charge on any atom is 0.211 e. The van der Waals surface area contributed by atoms with Crippen LogP contribution >= 0.6 is 0 Å².